The summed E-state index contributed by atoms with van der Waals surface area (Å²) in [5, 5.41) is 0.346. The second-order valence-electron chi connectivity index (χ2n) is 7.82. The smallest absolute Gasteiger partial charge is 0.344 e. The lowest BCUT2D eigenvalue weighted by Crippen LogP contribution is -3.14. The molecule has 9 nitrogen and oxygen atoms in total. The van der Waals surface area contributed by atoms with E-state index in [-0.39, 0.29) is 23.5 Å². The Balaban J connectivity index is 1.82. The van der Waals surface area contributed by atoms with Gasteiger partial charge in [-0.3, -0.25) is 9.20 Å². The number of quaternary nitrogens is 1. The third-order valence-corrected chi connectivity index (χ3v) is 5.78. The van der Waals surface area contributed by atoms with Crippen LogP contribution in [0.5, 0.6) is 0 Å². The van der Waals surface area contributed by atoms with E-state index in [1.54, 1.807) is 23.8 Å². The maximum absolute atomic E-state index is 13.3. The minimum absolute atomic E-state index is 0.194. The second-order valence-corrected chi connectivity index (χ2v) is 7.82. The first-order chi connectivity index (χ1) is 15.0. The first kappa shape index (κ1) is 21.2. The van der Waals surface area contributed by atoms with E-state index in [1.807, 2.05) is 13.0 Å². The van der Waals surface area contributed by atoms with Crippen molar-refractivity contribution in [3.8, 4) is 0 Å². The summed E-state index contributed by atoms with van der Waals surface area (Å²) in [5.41, 5.74) is 8.33. The van der Waals surface area contributed by atoms with Gasteiger partial charge < -0.3 is 20.1 Å². The zero-order chi connectivity index (χ0) is 22.0. The predicted molar refractivity (Wildman–Crippen MR) is 115 cm³/mol. The molecule has 1 saturated heterocycles. The molecule has 0 radical (unpaired) electrons. The number of nitrogens with two attached hydrogens (primary N) is 1. The Morgan fingerprint density at radius 1 is 1.39 bits per heavy atom. The van der Waals surface area contributed by atoms with Gasteiger partial charge in [0.15, 0.2) is 0 Å². The van der Waals surface area contributed by atoms with Crippen molar-refractivity contribution in [3.05, 3.63) is 45.9 Å². The number of hydrogen-bond acceptors (Lipinski definition) is 6. The van der Waals surface area contributed by atoms with Gasteiger partial charge in [-0.25, -0.2) is 9.36 Å². The Hall–Kier alpha value is -3.04. The number of anilines is 1. The summed E-state index contributed by atoms with van der Waals surface area (Å²) in [6.45, 7) is 8.88. The molecule has 1 fully saturated rings. The number of carbonyl (C=O) groups is 1. The van der Waals surface area contributed by atoms with E-state index in [0.29, 0.717) is 23.2 Å². The first-order valence-electron chi connectivity index (χ1n) is 10.7. The molecule has 4 heterocycles. The van der Waals surface area contributed by atoms with Crippen LogP contribution in [0.1, 0.15) is 29.3 Å². The molecular weight excluding hydrogens is 398 g/mol. The number of aryl methyl sites for hydroxylation is 2. The molecule has 3 aromatic rings. The molecule has 3 N–H and O–H groups in total. The van der Waals surface area contributed by atoms with E-state index >= 15 is 0 Å². The molecule has 0 amide bonds. The summed E-state index contributed by atoms with van der Waals surface area (Å²) in [6.07, 6.45) is 2.52. The normalized spacial score (nSPS) is 14.9. The Morgan fingerprint density at radius 3 is 2.90 bits per heavy atom. The number of carbonyl (C=O) groups excluding carboxylic acids is 1. The standard InChI is InChI=1S/C22H27N5O4/c1-3-31-22(29)16-14-17-20(24-19-15(2)6-4-8-27(19)21(17)28)26(18(16)23)9-5-7-25-10-12-30-13-11-25/h4,6,8,14,23H,3,5,7,9-13H2,1-2H3/p+2. The number of pyridine rings is 2. The van der Waals surface area contributed by atoms with E-state index in [9.17, 15) is 9.59 Å². The molecular formula is C22H29N5O4+2. The van der Waals surface area contributed by atoms with Crippen molar-refractivity contribution >= 4 is 28.5 Å². The van der Waals surface area contributed by atoms with Gasteiger partial charge in [-0.2, -0.15) is 0 Å². The Kier molecular flexibility index (Phi) is 6.15. The number of ether oxygens (including phenoxy) is 2. The fourth-order valence-corrected chi connectivity index (χ4v) is 4.11. The van der Waals surface area contributed by atoms with E-state index in [0.717, 1.165) is 44.8 Å². The SMILES string of the molecule is CCOC(=O)c1cc2c(=O)n3cccc(C)c3nc2[n+](CCC[NH+]2CCOCC2)c1N. The van der Waals surface area contributed by atoms with Crippen molar-refractivity contribution in [3.63, 3.8) is 0 Å². The monoisotopic (exact) mass is 427 g/mol. The number of fused-ring (bicyclic) bond motifs is 2. The molecule has 0 atom stereocenters. The van der Waals surface area contributed by atoms with Crippen LogP contribution in [0.25, 0.3) is 16.7 Å². The van der Waals surface area contributed by atoms with E-state index in [2.05, 4.69) is 0 Å². The Labute approximate surface area is 180 Å². The van der Waals surface area contributed by atoms with Crippen LogP contribution in [0.3, 0.4) is 0 Å². The molecule has 164 valence electrons. The fraction of sp³-hybridized carbons (Fsp3) is 0.455. The number of morpholine rings is 1. The third-order valence-electron chi connectivity index (χ3n) is 5.78. The van der Waals surface area contributed by atoms with Crippen LogP contribution >= 0.6 is 0 Å². The summed E-state index contributed by atoms with van der Waals surface area (Å²) in [6, 6.07) is 5.23. The van der Waals surface area contributed by atoms with Gasteiger partial charge >= 0.3 is 5.97 Å². The molecule has 4 rings (SSSR count). The molecule has 0 unspecified atom stereocenters. The van der Waals surface area contributed by atoms with Gasteiger partial charge in [0.1, 0.15) is 24.0 Å². The Morgan fingerprint density at radius 2 is 2.16 bits per heavy atom. The van der Waals surface area contributed by atoms with Crippen molar-refractivity contribution in [2.45, 2.75) is 26.8 Å². The van der Waals surface area contributed by atoms with Gasteiger partial charge in [0.2, 0.25) is 11.5 Å². The van der Waals surface area contributed by atoms with Crippen molar-refractivity contribution < 1.29 is 23.7 Å². The van der Waals surface area contributed by atoms with Crippen molar-refractivity contribution in [2.75, 3.05) is 45.2 Å². The highest BCUT2D eigenvalue weighted by Crippen LogP contribution is 2.16. The summed E-state index contributed by atoms with van der Waals surface area (Å²) in [4.78, 5) is 32.1. The van der Waals surface area contributed by atoms with Crippen LogP contribution in [-0.2, 0) is 16.0 Å². The van der Waals surface area contributed by atoms with Crippen molar-refractivity contribution in [1.82, 2.24) is 9.38 Å². The largest absolute Gasteiger partial charge is 0.462 e. The van der Waals surface area contributed by atoms with E-state index in [1.165, 1.54) is 15.4 Å². The lowest BCUT2D eigenvalue weighted by molar-refractivity contribution is -0.910. The minimum Gasteiger partial charge on any atom is -0.462 e. The van der Waals surface area contributed by atoms with Gasteiger partial charge in [-0.05, 0) is 26.0 Å². The van der Waals surface area contributed by atoms with Crippen LogP contribution in [0.4, 0.5) is 5.82 Å². The average Bonchev–Trinajstić information content (AvgIpc) is 2.77. The molecule has 1 aliphatic rings. The van der Waals surface area contributed by atoms with Crippen LogP contribution in [-0.4, -0.2) is 54.8 Å². The zero-order valence-electron chi connectivity index (χ0n) is 18.0. The van der Waals surface area contributed by atoms with Crippen LogP contribution in [0.15, 0.2) is 29.2 Å². The number of nitrogens with zero attached hydrogens (tertiary/aromatic N) is 3. The van der Waals surface area contributed by atoms with Crippen LogP contribution in [0, 0.1) is 6.92 Å². The summed E-state index contributed by atoms with van der Waals surface area (Å²) < 4.78 is 13.9. The van der Waals surface area contributed by atoms with E-state index in [4.69, 9.17) is 20.2 Å². The molecule has 31 heavy (non-hydrogen) atoms. The predicted octanol–water partition coefficient (Wildman–Crippen LogP) is -0.492. The molecule has 0 aliphatic carbocycles. The number of hydrogen-bond donors (Lipinski definition) is 2. The van der Waals surface area contributed by atoms with Crippen molar-refractivity contribution in [2.24, 2.45) is 0 Å². The lowest BCUT2D eigenvalue weighted by atomic mass is 10.2. The highest BCUT2D eigenvalue weighted by Gasteiger charge is 2.26. The molecule has 1 aliphatic heterocycles. The molecule has 0 aromatic carbocycles. The maximum atomic E-state index is 13.3. The topological polar surface area (TPSA) is 104 Å². The maximum Gasteiger partial charge on any atom is 0.344 e. The van der Waals surface area contributed by atoms with Crippen LogP contribution in [0.2, 0.25) is 0 Å². The first-order valence-corrected chi connectivity index (χ1v) is 10.7. The number of nitrogens with one attached hydrogen (secondary N) is 1. The molecule has 0 spiro atoms. The number of nitrogen functional groups attached to an aromatic ring is 1. The highest BCUT2D eigenvalue weighted by atomic mass is 16.5. The summed E-state index contributed by atoms with van der Waals surface area (Å²) in [7, 11) is 0. The summed E-state index contributed by atoms with van der Waals surface area (Å²) >= 11 is 0. The zero-order valence-corrected chi connectivity index (χ0v) is 18.0. The second kappa shape index (κ2) is 8.99. The fourth-order valence-electron chi connectivity index (χ4n) is 4.11. The molecule has 3 aromatic heterocycles. The lowest BCUT2D eigenvalue weighted by Gasteiger charge is -2.23. The number of esters is 1. The summed E-state index contributed by atoms with van der Waals surface area (Å²) in [5.74, 6) is -0.268. The molecule has 0 bridgehead atoms. The van der Waals surface area contributed by atoms with Crippen molar-refractivity contribution in [1.29, 1.82) is 0 Å². The van der Waals surface area contributed by atoms with Gasteiger partial charge in [-0.15, -0.1) is 0 Å². The minimum atomic E-state index is -0.539. The molecule has 0 saturated carbocycles. The van der Waals surface area contributed by atoms with Gasteiger partial charge in [-0.1, -0.05) is 11.1 Å². The van der Waals surface area contributed by atoms with Crippen LogP contribution < -0.4 is 20.8 Å². The quantitative estimate of drug-likeness (QED) is 0.313. The third kappa shape index (κ3) is 4.11. The Bertz CT molecular complexity index is 1180. The average molecular weight is 428 g/mol. The van der Waals surface area contributed by atoms with Gasteiger partial charge in [0.25, 0.3) is 11.2 Å². The highest BCUT2D eigenvalue weighted by molar-refractivity contribution is 5.96. The number of rotatable bonds is 6. The van der Waals surface area contributed by atoms with E-state index < -0.39 is 5.97 Å². The number of aromatic nitrogens is 3. The molecule has 9 heteroatoms. The van der Waals surface area contributed by atoms with Gasteiger partial charge in [0, 0.05) is 18.2 Å². The van der Waals surface area contributed by atoms with Gasteiger partial charge in [0.05, 0.1) is 32.9 Å².